The van der Waals surface area contributed by atoms with E-state index in [0.29, 0.717) is 0 Å². The van der Waals surface area contributed by atoms with Crippen LogP contribution < -0.4 is 5.32 Å². The predicted molar refractivity (Wildman–Crippen MR) is 85.4 cm³/mol. The fourth-order valence-corrected chi connectivity index (χ4v) is 3.70. The standard InChI is InChI=1S/C16H27N5/c1-4-17-15-9-12(2)18-16(19-15)11-21-8-7-13-5-6-14(10-21)20(13)3/h9,13-14H,4-8,10-11H2,1-3H3,(H,17,18,19). The number of fused-ring (bicyclic) bond motifs is 2. The molecule has 2 aliphatic rings. The molecule has 0 spiro atoms. The molecule has 2 atom stereocenters. The van der Waals surface area contributed by atoms with Gasteiger partial charge in [-0.1, -0.05) is 0 Å². The van der Waals surface area contributed by atoms with Crippen LogP contribution in [-0.4, -0.2) is 58.5 Å². The van der Waals surface area contributed by atoms with Crippen molar-refractivity contribution >= 4 is 5.82 Å². The lowest BCUT2D eigenvalue weighted by molar-refractivity contribution is 0.212. The highest BCUT2D eigenvalue weighted by atomic mass is 15.3. The van der Waals surface area contributed by atoms with E-state index in [4.69, 9.17) is 0 Å². The third-order valence-corrected chi connectivity index (χ3v) is 4.86. The molecule has 1 aromatic heterocycles. The highest BCUT2D eigenvalue weighted by molar-refractivity contribution is 5.35. The maximum absolute atomic E-state index is 4.65. The molecule has 0 amide bonds. The number of aryl methyl sites for hydroxylation is 1. The van der Waals surface area contributed by atoms with Gasteiger partial charge in [0.2, 0.25) is 0 Å². The summed E-state index contributed by atoms with van der Waals surface area (Å²) in [6, 6.07) is 3.52. The van der Waals surface area contributed by atoms with Gasteiger partial charge in [-0.2, -0.15) is 0 Å². The third kappa shape index (κ3) is 3.35. The van der Waals surface area contributed by atoms with Crippen LogP contribution in [0.2, 0.25) is 0 Å². The number of nitrogens with one attached hydrogen (secondary N) is 1. The molecule has 21 heavy (non-hydrogen) atoms. The van der Waals surface area contributed by atoms with Gasteiger partial charge in [0.25, 0.3) is 0 Å². The molecule has 2 bridgehead atoms. The van der Waals surface area contributed by atoms with E-state index in [0.717, 1.165) is 49.1 Å². The summed E-state index contributed by atoms with van der Waals surface area (Å²) in [6.45, 7) is 8.23. The number of anilines is 1. The Morgan fingerprint density at radius 2 is 2.05 bits per heavy atom. The van der Waals surface area contributed by atoms with Crippen molar-refractivity contribution < 1.29 is 0 Å². The first-order valence-corrected chi connectivity index (χ1v) is 8.18. The van der Waals surface area contributed by atoms with Crippen molar-refractivity contribution in [3.05, 3.63) is 17.6 Å². The quantitative estimate of drug-likeness (QED) is 0.917. The molecule has 1 aromatic rings. The van der Waals surface area contributed by atoms with E-state index in [-0.39, 0.29) is 0 Å². The van der Waals surface area contributed by atoms with Gasteiger partial charge in [-0.05, 0) is 40.2 Å². The van der Waals surface area contributed by atoms with Gasteiger partial charge in [-0.15, -0.1) is 0 Å². The zero-order valence-electron chi connectivity index (χ0n) is 13.5. The molecule has 0 radical (unpaired) electrons. The molecule has 2 aliphatic heterocycles. The number of nitrogens with zero attached hydrogens (tertiary/aromatic N) is 4. The van der Waals surface area contributed by atoms with E-state index in [9.17, 15) is 0 Å². The van der Waals surface area contributed by atoms with Gasteiger partial charge in [0.1, 0.15) is 11.6 Å². The fourth-order valence-electron chi connectivity index (χ4n) is 3.70. The van der Waals surface area contributed by atoms with Gasteiger partial charge in [0.15, 0.2) is 0 Å². The second-order valence-corrected chi connectivity index (χ2v) is 6.42. The van der Waals surface area contributed by atoms with Gasteiger partial charge in [0, 0.05) is 43.5 Å². The van der Waals surface area contributed by atoms with Crippen molar-refractivity contribution in [2.75, 3.05) is 32.0 Å². The summed E-state index contributed by atoms with van der Waals surface area (Å²) in [5.74, 6) is 1.90. The van der Waals surface area contributed by atoms with Crippen LogP contribution in [0.15, 0.2) is 6.07 Å². The van der Waals surface area contributed by atoms with E-state index in [1.807, 2.05) is 13.0 Å². The van der Waals surface area contributed by atoms with Crippen LogP contribution in [0.1, 0.15) is 37.7 Å². The summed E-state index contributed by atoms with van der Waals surface area (Å²) in [4.78, 5) is 14.4. The average Bonchev–Trinajstić information content (AvgIpc) is 2.67. The minimum absolute atomic E-state index is 0.718. The smallest absolute Gasteiger partial charge is 0.144 e. The lowest BCUT2D eigenvalue weighted by Gasteiger charge is -2.25. The normalized spacial score (nSPS) is 26.8. The van der Waals surface area contributed by atoms with Crippen LogP contribution in [0, 0.1) is 6.92 Å². The lowest BCUT2D eigenvalue weighted by Crippen LogP contribution is -2.36. The van der Waals surface area contributed by atoms with Crippen molar-refractivity contribution in [1.82, 2.24) is 19.8 Å². The SMILES string of the molecule is CCNc1cc(C)nc(CN2CCC3CCC(C2)N3C)n1. The highest BCUT2D eigenvalue weighted by Gasteiger charge is 2.34. The Labute approximate surface area is 127 Å². The van der Waals surface area contributed by atoms with Crippen molar-refractivity contribution in [3.63, 3.8) is 0 Å². The zero-order valence-corrected chi connectivity index (χ0v) is 13.5. The Balaban J connectivity index is 1.69. The summed E-state index contributed by atoms with van der Waals surface area (Å²) < 4.78 is 0. The summed E-state index contributed by atoms with van der Waals surface area (Å²) in [5.41, 5.74) is 1.05. The summed E-state index contributed by atoms with van der Waals surface area (Å²) in [5, 5.41) is 3.29. The van der Waals surface area contributed by atoms with E-state index in [1.54, 1.807) is 0 Å². The molecule has 2 saturated heterocycles. The van der Waals surface area contributed by atoms with Crippen molar-refractivity contribution in [2.45, 2.75) is 51.7 Å². The Morgan fingerprint density at radius 3 is 2.86 bits per heavy atom. The molecule has 3 heterocycles. The van der Waals surface area contributed by atoms with E-state index in [1.165, 1.54) is 25.8 Å². The van der Waals surface area contributed by atoms with Crippen LogP contribution in [0.4, 0.5) is 5.82 Å². The number of rotatable bonds is 4. The van der Waals surface area contributed by atoms with Gasteiger partial charge >= 0.3 is 0 Å². The Morgan fingerprint density at radius 1 is 1.24 bits per heavy atom. The van der Waals surface area contributed by atoms with Gasteiger partial charge < -0.3 is 5.32 Å². The molecule has 2 fully saturated rings. The topological polar surface area (TPSA) is 44.3 Å². The number of hydrogen-bond acceptors (Lipinski definition) is 5. The first-order valence-electron chi connectivity index (χ1n) is 8.18. The average molecular weight is 289 g/mol. The maximum Gasteiger partial charge on any atom is 0.144 e. The molecule has 2 unspecified atom stereocenters. The number of likely N-dealkylation sites (tertiary alicyclic amines) is 1. The van der Waals surface area contributed by atoms with Gasteiger partial charge in [-0.3, -0.25) is 9.80 Å². The van der Waals surface area contributed by atoms with Crippen LogP contribution in [-0.2, 0) is 6.54 Å². The predicted octanol–water partition coefficient (Wildman–Crippen LogP) is 1.89. The molecular weight excluding hydrogens is 262 g/mol. The van der Waals surface area contributed by atoms with E-state index in [2.05, 4.69) is 39.1 Å². The van der Waals surface area contributed by atoms with Crippen LogP contribution in [0.25, 0.3) is 0 Å². The highest BCUT2D eigenvalue weighted by Crippen LogP contribution is 2.28. The minimum atomic E-state index is 0.718. The molecule has 5 heteroatoms. The first-order chi connectivity index (χ1) is 10.2. The van der Waals surface area contributed by atoms with Gasteiger partial charge in [0.05, 0.1) is 6.54 Å². The van der Waals surface area contributed by atoms with E-state index >= 15 is 0 Å². The van der Waals surface area contributed by atoms with E-state index < -0.39 is 0 Å². The van der Waals surface area contributed by atoms with Crippen LogP contribution in [0.5, 0.6) is 0 Å². The molecule has 5 nitrogen and oxygen atoms in total. The Kier molecular flexibility index (Phi) is 4.40. The lowest BCUT2D eigenvalue weighted by atomic mass is 10.1. The third-order valence-electron chi connectivity index (χ3n) is 4.86. The summed E-state index contributed by atoms with van der Waals surface area (Å²) in [7, 11) is 2.29. The molecule has 1 N–H and O–H groups in total. The summed E-state index contributed by atoms with van der Waals surface area (Å²) >= 11 is 0. The monoisotopic (exact) mass is 289 g/mol. The van der Waals surface area contributed by atoms with Crippen LogP contribution in [0.3, 0.4) is 0 Å². The molecular formula is C16H27N5. The molecule has 3 rings (SSSR count). The number of aromatic nitrogens is 2. The first kappa shape index (κ1) is 14.7. The summed E-state index contributed by atoms with van der Waals surface area (Å²) in [6.07, 6.45) is 3.99. The van der Waals surface area contributed by atoms with Crippen molar-refractivity contribution in [2.24, 2.45) is 0 Å². The molecule has 0 aromatic carbocycles. The molecule has 0 saturated carbocycles. The maximum atomic E-state index is 4.65. The van der Waals surface area contributed by atoms with Gasteiger partial charge in [-0.25, -0.2) is 9.97 Å². The molecule has 0 aliphatic carbocycles. The minimum Gasteiger partial charge on any atom is -0.370 e. The Hall–Kier alpha value is -1.20. The number of likely N-dealkylation sites (N-methyl/N-ethyl adjacent to an activating group) is 1. The second-order valence-electron chi connectivity index (χ2n) is 6.42. The second kappa shape index (κ2) is 6.28. The largest absolute Gasteiger partial charge is 0.370 e. The fraction of sp³-hybridized carbons (Fsp3) is 0.750. The molecule has 116 valence electrons. The zero-order chi connectivity index (χ0) is 14.8. The van der Waals surface area contributed by atoms with Crippen molar-refractivity contribution in [1.29, 1.82) is 0 Å². The van der Waals surface area contributed by atoms with Crippen LogP contribution >= 0.6 is 0 Å². The Bertz CT molecular complexity index is 490. The number of hydrogen-bond donors (Lipinski definition) is 1. The van der Waals surface area contributed by atoms with Crippen molar-refractivity contribution in [3.8, 4) is 0 Å².